The maximum absolute atomic E-state index is 12.7. The van der Waals surface area contributed by atoms with Gasteiger partial charge in [0.05, 0.1) is 11.8 Å². The summed E-state index contributed by atoms with van der Waals surface area (Å²) >= 11 is 0. The van der Waals surface area contributed by atoms with E-state index in [4.69, 9.17) is 0 Å². The minimum Gasteiger partial charge on any atom is -0.481 e. The van der Waals surface area contributed by atoms with Crippen LogP contribution in [0.5, 0.6) is 0 Å². The van der Waals surface area contributed by atoms with E-state index >= 15 is 0 Å². The molecular formula is C20H26N2O3. The van der Waals surface area contributed by atoms with Crippen molar-refractivity contribution >= 4 is 11.9 Å². The molecule has 0 aliphatic heterocycles. The number of rotatable bonds is 4. The fourth-order valence-corrected chi connectivity index (χ4v) is 4.30. The number of aliphatic carboxylic acids is 1. The lowest BCUT2D eigenvalue weighted by molar-refractivity contribution is -0.147. The number of carboxylic acids is 1. The monoisotopic (exact) mass is 342 g/mol. The van der Waals surface area contributed by atoms with Crippen molar-refractivity contribution in [3.8, 4) is 0 Å². The van der Waals surface area contributed by atoms with Crippen LogP contribution in [0, 0.1) is 17.3 Å². The highest BCUT2D eigenvalue weighted by atomic mass is 16.4. The molecule has 0 radical (unpaired) electrons. The Morgan fingerprint density at radius 2 is 2.12 bits per heavy atom. The van der Waals surface area contributed by atoms with Gasteiger partial charge in [-0.25, -0.2) is 0 Å². The number of pyridine rings is 1. The van der Waals surface area contributed by atoms with Crippen LogP contribution in [0.25, 0.3) is 0 Å². The molecule has 0 bridgehead atoms. The number of carboxylic acid groups (broad SMARTS) is 1. The Morgan fingerprint density at radius 1 is 1.32 bits per heavy atom. The van der Waals surface area contributed by atoms with Crippen LogP contribution in [0.1, 0.15) is 51.5 Å². The highest BCUT2D eigenvalue weighted by molar-refractivity contribution is 5.85. The molecule has 3 rings (SSSR count). The number of allylic oxidation sites excluding steroid dienone is 2. The summed E-state index contributed by atoms with van der Waals surface area (Å²) in [6.07, 6.45) is 7.68. The highest BCUT2D eigenvalue weighted by Gasteiger charge is 2.43. The van der Waals surface area contributed by atoms with Gasteiger partial charge in [-0.05, 0) is 49.1 Å². The minimum atomic E-state index is -0.866. The molecule has 0 spiro atoms. The van der Waals surface area contributed by atoms with Gasteiger partial charge in [0.2, 0.25) is 5.91 Å². The van der Waals surface area contributed by atoms with Gasteiger partial charge >= 0.3 is 5.97 Å². The van der Waals surface area contributed by atoms with Gasteiger partial charge in [0.25, 0.3) is 0 Å². The van der Waals surface area contributed by atoms with Crippen molar-refractivity contribution in [2.45, 2.75) is 52.5 Å². The van der Waals surface area contributed by atoms with Gasteiger partial charge in [-0.1, -0.05) is 31.1 Å². The highest BCUT2D eigenvalue weighted by Crippen LogP contribution is 2.49. The molecule has 1 aromatic heterocycles. The van der Waals surface area contributed by atoms with Crippen molar-refractivity contribution in [2.75, 3.05) is 0 Å². The fraction of sp³-hybridized carbons (Fsp3) is 0.550. The fourth-order valence-electron chi connectivity index (χ4n) is 4.30. The van der Waals surface area contributed by atoms with E-state index in [9.17, 15) is 14.7 Å². The van der Waals surface area contributed by atoms with E-state index in [1.54, 1.807) is 12.4 Å². The summed E-state index contributed by atoms with van der Waals surface area (Å²) in [5, 5.41) is 12.6. The van der Waals surface area contributed by atoms with Crippen molar-refractivity contribution < 1.29 is 14.7 Å². The van der Waals surface area contributed by atoms with E-state index in [0.717, 1.165) is 24.8 Å². The van der Waals surface area contributed by atoms with Gasteiger partial charge in [-0.3, -0.25) is 14.6 Å². The van der Waals surface area contributed by atoms with Crippen molar-refractivity contribution in [1.82, 2.24) is 10.3 Å². The standard InChI is InChI=1S/C20H26N2O3/c1-20(2)7-3-6-14-9-15(16(19(24)25)10-17(14)20)18(23)22-12-13-5-4-8-21-11-13/h4-5,8,11,15-16H,3,6-7,9-10,12H2,1-2H3,(H,22,23)(H,24,25). The molecule has 0 saturated carbocycles. The lowest BCUT2D eigenvalue weighted by Gasteiger charge is -2.42. The number of carbonyl (C=O) groups excluding carboxylic acids is 1. The third-order valence-corrected chi connectivity index (χ3v) is 5.74. The third-order valence-electron chi connectivity index (χ3n) is 5.74. The molecule has 1 aromatic rings. The Hall–Kier alpha value is -2.17. The Balaban J connectivity index is 1.76. The summed E-state index contributed by atoms with van der Waals surface area (Å²) < 4.78 is 0. The molecule has 1 heterocycles. The van der Waals surface area contributed by atoms with E-state index < -0.39 is 17.8 Å². The van der Waals surface area contributed by atoms with Crippen LogP contribution < -0.4 is 5.32 Å². The summed E-state index contributed by atoms with van der Waals surface area (Å²) in [4.78, 5) is 28.6. The second kappa shape index (κ2) is 6.98. The first-order chi connectivity index (χ1) is 11.9. The summed E-state index contributed by atoms with van der Waals surface area (Å²) in [5.74, 6) is -2.15. The molecule has 0 saturated heterocycles. The minimum absolute atomic E-state index is 0.0540. The molecule has 134 valence electrons. The number of hydrogen-bond acceptors (Lipinski definition) is 3. The van der Waals surface area contributed by atoms with Gasteiger partial charge < -0.3 is 10.4 Å². The molecular weight excluding hydrogens is 316 g/mol. The van der Waals surface area contributed by atoms with Crippen LogP contribution in [0.15, 0.2) is 35.7 Å². The average molecular weight is 342 g/mol. The first-order valence-electron chi connectivity index (χ1n) is 8.99. The van der Waals surface area contributed by atoms with Crippen LogP contribution >= 0.6 is 0 Å². The molecule has 0 fully saturated rings. The quantitative estimate of drug-likeness (QED) is 0.823. The molecule has 25 heavy (non-hydrogen) atoms. The number of hydrogen-bond donors (Lipinski definition) is 2. The van der Waals surface area contributed by atoms with Crippen LogP contribution in [0.3, 0.4) is 0 Å². The number of nitrogens with one attached hydrogen (secondary N) is 1. The van der Waals surface area contributed by atoms with Gasteiger partial charge in [0, 0.05) is 18.9 Å². The normalized spacial score (nSPS) is 25.2. The number of aromatic nitrogens is 1. The molecule has 5 heteroatoms. The zero-order valence-corrected chi connectivity index (χ0v) is 14.9. The summed E-state index contributed by atoms with van der Waals surface area (Å²) in [6, 6.07) is 3.72. The number of amides is 1. The molecule has 2 atom stereocenters. The summed E-state index contributed by atoms with van der Waals surface area (Å²) in [5.41, 5.74) is 3.56. The van der Waals surface area contributed by atoms with Gasteiger partial charge in [-0.15, -0.1) is 0 Å². The first-order valence-corrected chi connectivity index (χ1v) is 8.99. The maximum atomic E-state index is 12.7. The topological polar surface area (TPSA) is 79.3 Å². The lowest BCUT2D eigenvalue weighted by Crippen LogP contribution is -2.42. The smallest absolute Gasteiger partial charge is 0.307 e. The lowest BCUT2D eigenvalue weighted by atomic mass is 9.63. The molecule has 2 N–H and O–H groups in total. The Labute approximate surface area is 148 Å². The van der Waals surface area contributed by atoms with E-state index in [1.807, 2.05) is 12.1 Å². The van der Waals surface area contributed by atoms with Gasteiger partial charge in [0.1, 0.15) is 0 Å². The Bertz CT molecular complexity index is 694. The zero-order valence-electron chi connectivity index (χ0n) is 14.9. The van der Waals surface area contributed by atoms with Crippen LogP contribution in [0.2, 0.25) is 0 Å². The van der Waals surface area contributed by atoms with E-state index in [-0.39, 0.29) is 11.3 Å². The molecule has 2 unspecified atom stereocenters. The third kappa shape index (κ3) is 3.75. The zero-order chi connectivity index (χ0) is 18.0. The summed E-state index contributed by atoms with van der Waals surface area (Å²) in [6.45, 7) is 4.78. The largest absolute Gasteiger partial charge is 0.481 e. The maximum Gasteiger partial charge on any atom is 0.307 e. The van der Waals surface area contributed by atoms with Crippen molar-refractivity contribution in [1.29, 1.82) is 0 Å². The summed E-state index contributed by atoms with van der Waals surface area (Å²) in [7, 11) is 0. The average Bonchev–Trinajstić information content (AvgIpc) is 2.59. The molecule has 2 aliphatic rings. The number of nitrogens with zero attached hydrogens (tertiary/aromatic N) is 1. The van der Waals surface area contributed by atoms with Crippen LogP contribution in [-0.4, -0.2) is 22.0 Å². The van der Waals surface area contributed by atoms with Crippen molar-refractivity contribution in [2.24, 2.45) is 17.3 Å². The SMILES string of the molecule is CC1(C)CCCC2=C1CC(C(=O)O)C(C(=O)NCc1cccnc1)C2. The van der Waals surface area contributed by atoms with Crippen LogP contribution in [0.4, 0.5) is 0 Å². The van der Waals surface area contributed by atoms with E-state index in [0.29, 0.717) is 19.4 Å². The second-order valence-corrected chi connectivity index (χ2v) is 7.86. The predicted molar refractivity (Wildman–Crippen MR) is 94.6 cm³/mol. The van der Waals surface area contributed by atoms with Gasteiger partial charge in [-0.2, -0.15) is 0 Å². The van der Waals surface area contributed by atoms with Crippen LogP contribution in [-0.2, 0) is 16.1 Å². The number of carbonyl (C=O) groups is 2. The molecule has 1 amide bonds. The molecule has 2 aliphatic carbocycles. The van der Waals surface area contributed by atoms with Crippen molar-refractivity contribution in [3.63, 3.8) is 0 Å². The van der Waals surface area contributed by atoms with E-state index in [1.165, 1.54) is 11.1 Å². The predicted octanol–water partition coefficient (Wildman–Crippen LogP) is 3.32. The van der Waals surface area contributed by atoms with E-state index in [2.05, 4.69) is 24.1 Å². The molecule has 5 nitrogen and oxygen atoms in total. The van der Waals surface area contributed by atoms with Gasteiger partial charge in [0.15, 0.2) is 0 Å². The van der Waals surface area contributed by atoms with Crippen molar-refractivity contribution in [3.05, 3.63) is 41.2 Å². The second-order valence-electron chi connectivity index (χ2n) is 7.86. The Kier molecular flexibility index (Phi) is 4.93. The first kappa shape index (κ1) is 17.6. The Morgan fingerprint density at radius 3 is 2.80 bits per heavy atom. The molecule has 0 aromatic carbocycles.